The molecule has 0 spiro atoms. The molecule has 0 saturated carbocycles. The first-order valence-electron chi connectivity index (χ1n) is 8.29. The van der Waals surface area contributed by atoms with E-state index < -0.39 is 5.97 Å². The standard InChI is InChI=1S/C19H17ClN4O2/c20-16-2-1-14-9-23(10-15(14)7-16)5-6-24-11-18(22-12-24)17-8-13(19(25)26)3-4-21-17/h1-4,7-8,11-12H,5-6,9-10H2,(H,25,26). The van der Waals surface area contributed by atoms with Gasteiger partial charge in [0.15, 0.2) is 0 Å². The fourth-order valence-corrected chi connectivity index (χ4v) is 3.36. The van der Waals surface area contributed by atoms with Crippen molar-refractivity contribution in [2.24, 2.45) is 0 Å². The van der Waals surface area contributed by atoms with E-state index >= 15 is 0 Å². The lowest BCUT2D eigenvalue weighted by atomic mass is 10.1. The highest BCUT2D eigenvalue weighted by molar-refractivity contribution is 6.30. The molecule has 0 atom stereocenters. The molecule has 26 heavy (non-hydrogen) atoms. The van der Waals surface area contributed by atoms with Gasteiger partial charge in [0.05, 0.1) is 17.6 Å². The Kier molecular flexibility index (Phi) is 4.44. The van der Waals surface area contributed by atoms with Crippen molar-refractivity contribution in [3.8, 4) is 11.4 Å². The molecular formula is C19H17ClN4O2. The second-order valence-electron chi connectivity index (χ2n) is 6.36. The SMILES string of the molecule is O=C(O)c1ccnc(-c2cn(CCN3Cc4ccc(Cl)cc4C3)cn2)c1. The number of carboxylic acid groups (broad SMARTS) is 1. The Balaban J connectivity index is 1.40. The van der Waals surface area contributed by atoms with Crippen molar-refractivity contribution >= 4 is 17.6 Å². The lowest BCUT2D eigenvalue weighted by Crippen LogP contribution is -2.21. The van der Waals surface area contributed by atoms with E-state index in [0.29, 0.717) is 11.4 Å². The summed E-state index contributed by atoms with van der Waals surface area (Å²) in [5.41, 5.74) is 4.06. The van der Waals surface area contributed by atoms with E-state index in [-0.39, 0.29) is 5.56 Å². The molecule has 0 saturated heterocycles. The molecule has 6 nitrogen and oxygen atoms in total. The fraction of sp³-hybridized carbons (Fsp3) is 0.211. The molecule has 1 N–H and O–H groups in total. The van der Waals surface area contributed by atoms with Gasteiger partial charge in [0.25, 0.3) is 0 Å². The number of benzene rings is 1. The van der Waals surface area contributed by atoms with Crippen LogP contribution in [0.1, 0.15) is 21.5 Å². The van der Waals surface area contributed by atoms with Crippen molar-refractivity contribution in [1.29, 1.82) is 0 Å². The van der Waals surface area contributed by atoms with Gasteiger partial charge >= 0.3 is 5.97 Å². The summed E-state index contributed by atoms with van der Waals surface area (Å²) in [5, 5.41) is 9.87. The van der Waals surface area contributed by atoms with E-state index in [2.05, 4.69) is 20.9 Å². The van der Waals surface area contributed by atoms with E-state index in [4.69, 9.17) is 16.7 Å². The monoisotopic (exact) mass is 368 g/mol. The Morgan fingerprint density at radius 3 is 2.77 bits per heavy atom. The van der Waals surface area contributed by atoms with Crippen LogP contribution in [0, 0.1) is 0 Å². The highest BCUT2D eigenvalue weighted by Gasteiger charge is 2.18. The minimum atomic E-state index is -0.971. The number of hydrogen-bond donors (Lipinski definition) is 1. The van der Waals surface area contributed by atoms with Gasteiger partial charge in [-0.2, -0.15) is 0 Å². The number of carboxylic acids is 1. The maximum atomic E-state index is 11.1. The lowest BCUT2D eigenvalue weighted by molar-refractivity contribution is 0.0697. The number of fused-ring (bicyclic) bond motifs is 1. The predicted octanol–water partition coefficient (Wildman–Crippen LogP) is 3.31. The van der Waals surface area contributed by atoms with Gasteiger partial charge in [-0.3, -0.25) is 9.88 Å². The zero-order valence-corrected chi connectivity index (χ0v) is 14.7. The number of imidazole rings is 1. The summed E-state index contributed by atoms with van der Waals surface area (Å²) < 4.78 is 2.00. The number of aromatic carboxylic acids is 1. The van der Waals surface area contributed by atoms with E-state index in [1.165, 1.54) is 29.5 Å². The quantitative estimate of drug-likeness (QED) is 0.748. The van der Waals surface area contributed by atoms with Crippen molar-refractivity contribution in [3.63, 3.8) is 0 Å². The number of hydrogen-bond acceptors (Lipinski definition) is 4. The molecule has 7 heteroatoms. The Labute approximate surface area is 155 Å². The van der Waals surface area contributed by atoms with Gasteiger partial charge < -0.3 is 9.67 Å². The Morgan fingerprint density at radius 1 is 1.08 bits per heavy atom. The van der Waals surface area contributed by atoms with Gasteiger partial charge in [-0.25, -0.2) is 9.78 Å². The lowest BCUT2D eigenvalue weighted by Gasteiger charge is -2.14. The molecule has 1 aliphatic heterocycles. The molecule has 4 rings (SSSR count). The van der Waals surface area contributed by atoms with Crippen LogP contribution in [0.3, 0.4) is 0 Å². The van der Waals surface area contributed by atoms with Gasteiger partial charge in [-0.05, 0) is 35.4 Å². The van der Waals surface area contributed by atoms with Crippen LogP contribution in [0.2, 0.25) is 5.02 Å². The second-order valence-corrected chi connectivity index (χ2v) is 6.79. The maximum Gasteiger partial charge on any atom is 0.335 e. The summed E-state index contributed by atoms with van der Waals surface area (Å²) >= 11 is 6.06. The van der Waals surface area contributed by atoms with Gasteiger partial charge in [-0.1, -0.05) is 17.7 Å². The number of pyridine rings is 1. The van der Waals surface area contributed by atoms with Crippen LogP contribution < -0.4 is 0 Å². The van der Waals surface area contributed by atoms with Crippen LogP contribution in [0.15, 0.2) is 49.1 Å². The molecule has 1 aliphatic rings. The van der Waals surface area contributed by atoms with Crippen LogP contribution in [-0.4, -0.2) is 37.1 Å². The first-order valence-corrected chi connectivity index (χ1v) is 8.67. The predicted molar refractivity (Wildman–Crippen MR) is 98.0 cm³/mol. The first-order chi connectivity index (χ1) is 12.6. The number of nitrogens with zero attached hydrogens (tertiary/aromatic N) is 4. The third kappa shape index (κ3) is 3.47. The minimum absolute atomic E-state index is 0.207. The summed E-state index contributed by atoms with van der Waals surface area (Å²) in [7, 11) is 0. The summed E-state index contributed by atoms with van der Waals surface area (Å²) in [5.74, 6) is -0.971. The highest BCUT2D eigenvalue weighted by Crippen LogP contribution is 2.25. The number of carbonyl (C=O) groups is 1. The normalized spacial score (nSPS) is 13.7. The van der Waals surface area contributed by atoms with Crippen molar-refractivity contribution in [2.45, 2.75) is 19.6 Å². The topological polar surface area (TPSA) is 71.2 Å². The molecule has 0 aliphatic carbocycles. The van der Waals surface area contributed by atoms with E-state index in [1.54, 1.807) is 6.33 Å². The molecule has 0 bridgehead atoms. The van der Waals surface area contributed by atoms with Gasteiger partial charge in [0.1, 0.15) is 5.69 Å². The summed E-state index contributed by atoms with van der Waals surface area (Å²) in [6.07, 6.45) is 5.14. The highest BCUT2D eigenvalue weighted by atomic mass is 35.5. The molecule has 1 aromatic carbocycles. The van der Waals surface area contributed by atoms with Crippen LogP contribution in [0.25, 0.3) is 11.4 Å². The molecule has 132 valence electrons. The summed E-state index contributed by atoms with van der Waals surface area (Å²) in [4.78, 5) is 22.0. The van der Waals surface area contributed by atoms with Crippen molar-refractivity contribution in [2.75, 3.05) is 6.54 Å². The minimum Gasteiger partial charge on any atom is -0.478 e. The number of halogens is 1. The molecule has 0 amide bonds. The average molecular weight is 369 g/mol. The molecule has 0 fully saturated rings. The molecule has 0 radical (unpaired) electrons. The van der Waals surface area contributed by atoms with Crippen LogP contribution >= 0.6 is 11.6 Å². The van der Waals surface area contributed by atoms with Gasteiger partial charge in [0, 0.05) is 43.6 Å². The fourth-order valence-electron chi connectivity index (χ4n) is 3.17. The van der Waals surface area contributed by atoms with E-state index in [9.17, 15) is 4.79 Å². The molecular weight excluding hydrogens is 352 g/mol. The Morgan fingerprint density at radius 2 is 1.92 bits per heavy atom. The molecule has 2 aromatic heterocycles. The van der Waals surface area contributed by atoms with Gasteiger partial charge in [0.2, 0.25) is 0 Å². The zero-order valence-electron chi connectivity index (χ0n) is 14.0. The van der Waals surface area contributed by atoms with E-state index in [0.717, 1.165) is 31.2 Å². The summed E-state index contributed by atoms with van der Waals surface area (Å²) in [6, 6.07) is 9.07. The van der Waals surface area contributed by atoms with Crippen LogP contribution in [0.5, 0.6) is 0 Å². The zero-order chi connectivity index (χ0) is 18.1. The molecule has 0 unspecified atom stereocenters. The average Bonchev–Trinajstić information content (AvgIpc) is 3.26. The number of aromatic nitrogens is 3. The molecule has 3 aromatic rings. The van der Waals surface area contributed by atoms with Crippen LogP contribution in [-0.2, 0) is 19.6 Å². The smallest absolute Gasteiger partial charge is 0.335 e. The maximum absolute atomic E-state index is 11.1. The second kappa shape index (κ2) is 6.90. The van der Waals surface area contributed by atoms with Crippen LogP contribution in [0.4, 0.5) is 0 Å². The van der Waals surface area contributed by atoms with Crippen molar-refractivity contribution < 1.29 is 9.90 Å². The third-order valence-electron chi connectivity index (χ3n) is 4.53. The third-order valence-corrected chi connectivity index (χ3v) is 4.77. The summed E-state index contributed by atoms with van der Waals surface area (Å²) in [6.45, 7) is 3.52. The van der Waals surface area contributed by atoms with Crippen molar-refractivity contribution in [3.05, 3.63) is 70.8 Å². The Bertz CT molecular complexity index is 970. The molecule has 3 heterocycles. The van der Waals surface area contributed by atoms with E-state index in [1.807, 2.05) is 22.9 Å². The largest absolute Gasteiger partial charge is 0.478 e. The van der Waals surface area contributed by atoms with Crippen molar-refractivity contribution in [1.82, 2.24) is 19.4 Å². The first kappa shape index (κ1) is 16.8. The van der Waals surface area contributed by atoms with Gasteiger partial charge in [-0.15, -0.1) is 0 Å². The number of rotatable bonds is 5. The Hall–Kier alpha value is -2.70.